The van der Waals surface area contributed by atoms with Crippen LogP contribution in [0.25, 0.3) is 11.1 Å². The molecule has 7 nitrogen and oxygen atoms in total. The molecule has 1 aliphatic rings. The third kappa shape index (κ3) is 6.06. The van der Waals surface area contributed by atoms with Gasteiger partial charge >= 0.3 is 5.97 Å². The van der Waals surface area contributed by atoms with E-state index in [1.165, 1.54) is 5.56 Å². The van der Waals surface area contributed by atoms with Crippen molar-refractivity contribution in [1.82, 2.24) is 0 Å². The molecule has 1 unspecified atom stereocenters. The second-order valence-corrected chi connectivity index (χ2v) is 10.4. The van der Waals surface area contributed by atoms with E-state index in [1.54, 1.807) is 13.2 Å². The van der Waals surface area contributed by atoms with Gasteiger partial charge in [-0.15, -0.1) is 0 Å². The molecule has 8 heteroatoms. The lowest BCUT2D eigenvalue weighted by molar-refractivity contribution is -0.143. The lowest BCUT2D eigenvalue weighted by Gasteiger charge is -2.30. The molecule has 0 amide bonds. The summed E-state index contributed by atoms with van der Waals surface area (Å²) in [5, 5.41) is 5.30. The van der Waals surface area contributed by atoms with Gasteiger partial charge in [0, 0.05) is 12.0 Å². The second kappa shape index (κ2) is 11.1. The smallest absolute Gasteiger partial charge is 0.305 e. The average Bonchev–Trinajstić information content (AvgIpc) is 2.85. The van der Waals surface area contributed by atoms with Crippen LogP contribution in [0.3, 0.4) is 0 Å². The Labute approximate surface area is 212 Å². The van der Waals surface area contributed by atoms with Gasteiger partial charge in [0.2, 0.25) is 10.0 Å². The van der Waals surface area contributed by atoms with E-state index in [0.717, 1.165) is 41.5 Å². The van der Waals surface area contributed by atoms with Crippen molar-refractivity contribution in [1.29, 1.82) is 0 Å². The molecule has 1 atom stereocenters. The van der Waals surface area contributed by atoms with Crippen LogP contribution in [-0.4, -0.2) is 28.1 Å². The molecule has 2 N–H and O–H groups in total. The molecule has 0 saturated carbocycles. The van der Waals surface area contributed by atoms with Crippen molar-refractivity contribution in [2.75, 3.05) is 13.7 Å². The van der Waals surface area contributed by atoms with Crippen LogP contribution in [0.2, 0.25) is 0 Å². The first-order valence-corrected chi connectivity index (χ1v) is 13.7. The molecular formula is C28H31NO6S. The number of fused-ring (bicyclic) bond motifs is 3. The lowest BCUT2D eigenvalue weighted by atomic mass is 9.87. The van der Waals surface area contributed by atoms with Gasteiger partial charge in [-0.25, -0.2) is 13.6 Å². The first-order chi connectivity index (χ1) is 17.3. The number of ether oxygens (including phenoxy) is 3. The molecule has 3 aromatic rings. The highest BCUT2D eigenvalue weighted by Crippen LogP contribution is 2.49. The normalized spacial score (nSPS) is 14.4. The molecule has 0 aliphatic carbocycles. The fourth-order valence-electron chi connectivity index (χ4n) is 4.55. The summed E-state index contributed by atoms with van der Waals surface area (Å²) in [5.41, 5.74) is 5.35. The van der Waals surface area contributed by atoms with Gasteiger partial charge in [-0.1, -0.05) is 48.5 Å². The number of esters is 1. The van der Waals surface area contributed by atoms with Crippen molar-refractivity contribution in [3.63, 3.8) is 0 Å². The zero-order chi connectivity index (χ0) is 25.7. The van der Waals surface area contributed by atoms with E-state index >= 15 is 0 Å². The molecule has 4 rings (SSSR count). The lowest BCUT2D eigenvalue weighted by Crippen LogP contribution is -2.18. The number of methoxy groups -OCH3 is 1. The topological polar surface area (TPSA) is 105 Å². The Morgan fingerprint density at radius 3 is 2.47 bits per heavy atom. The predicted molar refractivity (Wildman–Crippen MR) is 138 cm³/mol. The van der Waals surface area contributed by atoms with Gasteiger partial charge in [-0.3, -0.25) is 4.79 Å². The highest BCUT2D eigenvalue weighted by atomic mass is 32.2. The molecule has 36 heavy (non-hydrogen) atoms. The van der Waals surface area contributed by atoms with Crippen LogP contribution in [0.15, 0.2) is 60.7 Å². The summed E-state index contributed by atoms with van der Waals surface area (Å²) < 4.78 is 40.5. The van der Waals surface area contributed by atoms with Crippen LogP contribution < -0.4 is 14.6 Å². The fraction of sp³-hybridized carbons (Fsp3) is 0.321. The Hall–Kier alpha value is -3.36. The van der Waals surface area contributed by atoms with Crippen molar-refractivity contribution >= 4 is 16.0 Å². The summed E-state index contributed by atoms with van der Waals surface area (Å²) >= 11 is 0. The Kier molecular flexibility index (Phi) is 7.96. The van der Waals surface area contributed by atoms with Crippen molar-refractivity contribution in [2.24, 2.45) is 5.14 Å². The Morgan fingerprint density at radius 1 is 1.03 bits per heavy atom. The summed E-state index contributed by atoms with van der Waals surface area (Å²) in [4.78, 5) is 11.5. The summed E-state index contributed by atoms with van der Waals surface area (Å²) in [6, 6.07) is 19.4. The molecule has 0 aromatic heterocycles. The summed E-state index contributed by atoms with van der Waals surface area (Å²) in [5.74, 6) is 0.981. The van der Waals surface area contributed by atoms with Gasteiger partial charge in [0.1, 0.15) is 17.6 Å². The number of carbonyl (C=O) groups excluding carboxylic acids is 1. The highest BCUT2D eigenvalue weighted by Gasteiger charge is 2.30. The zero-order valence-electron chi connectivity index (χ0n) is 20.5. The minimum atomic E-state index is -3.68. The van der Waals surface area contributed by atoms with Crippen LogP contribution >= 0.6 is 0 Å². The van der Waals surface area contributed by atoms with E-state index in [9.17, 15) is 13.2 Å². The van der Waals surface area contributed by atoms with Gasteiger partial charge in [-0.2, -0.15) is 0 Å². The van der Waals surface area contributed by atoms with Crippen LogP contribution in [-0.2, 0) is 31.7 Å². The highest BCUT2D eigenvalue weighted by molar-refractivity contribution is 7.88. The van der Waals surface area contributed by atoms with Crippen molar-refractivity contribution in [2.45, 2.75) is 44.5 Å². The molecule has 0 radical (unpaired) electrons. The number of sulfonamides is 1. The van der Waals surface area contributed by atoms with Gasteiger partial charge in [0.25, 0.3) is 0 Å². The number of nitrogens with two attached hydrogens (primary N) is 1. The van der Waals surface area contributed by atoms with Crippen molar-refractivity contribution < 1.29 is 27.4 Å². The summed E-state index contributed by atoms with van der Waals surface area (Å²) in [7, 11) is -2.07. The maximum Gasteiger partial charge on any atom is 0.305 e. The average molecular weight is 510 g/mol. The first-order valence-electron chi connectivity index (χ1n) is 12.0. The number of unbranched alkanes of at least 4 members (excludes halogenated alkanes) is 1. The van der Waals surface area contributed by atoms with E-state index < -0.39 is 16.1 Å². The quantitative estimate of drug-likeness (QED) is 0.308. The van der Waals surface area contributed by atoms with E-state index in [0.29, 0.717) is 30.1 Å². The number of carbonyl (C=O) groups is 1. The Balaban J connectivity index is 1.60. The zero-order valence-corrected chi connectivity index (χ0v) is 21.3. The Bertz CT molecular complexity index is 1330. The minimum absolute atomic E-state index is 0.153. The maximum atomic E-state index is 11.7. The number of hydrogen-bond acceptors (Lipinski definition) is 6. The van der Waals surface area contributed by atoms with Crippen molar-refractivity contribution in [3.05, 3.63) is 82.9 Å². The molecule has 3 aromatic carbocycles. The van der Waals surface area contributed by atoms with Gasteiger partial charge in [0.05, 0.1) is 25.0 Å². The Morgan fingerprint density at radius 2 is 1.78 bits per heavy atom. The second-order valence-electron chi connectivity index (χ2n) is 8.81. The van der Waals surface area contributed by atoms with E-state index in [1.807, 2.05) is 49.4 Å². The van der Waals surface area contributed by atoms with Crippen LogP contribution in [0.5, 0.6) is 11.5 Å². The molecule has 0 spiro atoms. The third-order valence-corrected chi connectivity index (χ3v) is 6.91. The maximum absolute atomic E-state index is 11.7. The molecule has 0 bridgehead atoms. The molecule has 1 aliphatic heterocycles. The SMILES string of the molecule is CCOC(=O)CCCCc1ccc(C2Oc3cccc(OC)c3-c3ccc(CS(N)(=O)=O)cc32)cc1. The van der Waals surface area contributed by atoms with Gasteiger partial charge < -0.3 is 14.2 Å². The number of benzene rings is 3. The molecule has 1 heterocycles. The third-order valence-electron chi connectivity index (χ3n) is 6.17. The monoisotopic (exact) mass is 509 g/mol. The van der Waals surface area contributed by atoms with Gasteiger partial charge in [-0.05, 0) is 60.6 Å². The number of primary sulfonamides is 1. The minimum Gasteiger partial charge on any atom is -0.496 e. The molecule has 0 fully saturated rings. The standard InChI is InChI=1S/C28H31NO6S/c1-3-34-26(30)10-5-4-7-19-11-14-21(15-12-19)28-23-17-20(18-36(29,31)32)13-16-22(23)27-24(33-2)8-6-9-25(27)35-28/h6,8-9,11-17,28H,3-5,7,10,18H2,1-2H3,(H2,29,31,32). The van der Waals surface area contributed by atoms with Crippen LogP contribution in [0.1, 0.15) is 54.5 Å². The van der Waals surface area contributed by atoms with E-state index in [4.69, 9.17) is 19.3 Å². The predicted octanol–water partition coefficient (Wildman–Crippen LogP) is 4.91. The fourth-order valence-corrected chi connectivity index (χ4v) is 5.20. The summed E-state index contributed by atoms with van der Waals surface area (Å²) in [6.07, 6.45) is 2.55. The molecule has 0 saturated heterocycles. The number of rotatable bonds is 10. The molecular weight excluding hydrogens is 478 g/mol. The van der Waals surface area contributed by atoms with E-state index in [2.05, 4.69) is 12.1 Å². The number of aryl methyl sites for hydroxylation is 1. The molecule has 190 valence electrons. The van der Waals surface area contributed by atoms with Crippen molar-refractivity contribution in [3.8, 4) is 22.6 Å². The largest absolute Gasteiger partial charge is 0.496 e. The van der Waals surface area contributed by atoms with Crippen LogP contribution in [0, 0.1) is 0 Å². The van der Waals surface area contributed by atoms with Gasteiger partial charge in [0.15, 0.2) is 0 Å². The van der Waals surface area contributed by atoms with E-state index in [-0.39, 0.29) is 11.7 Å². The first kappa shape index (κ1) is 25.7. The number of hydrogen-bond donors (Lipinski definition) is 1. The summed E-state index contributed by atoms with van der Waals surface area (Å²) in [6.45, 7) is 2.22. The van der Waals surface area contributed by atoms with Crippen LogP contribution in [0.4, 0.5) is 0 Å².